The zero-order chi connectivity index (χ0) is 19.0. The Morgan fingerprint density at radius 2 is 1.93 bits per heavy atom. The van der Waals surface area contributed by atoms with Gasteiger partial charge in [0.1, 0.15) is 0 Å². The van der Waals surface area contributed by atoms with Gasteiger partial charge in [0.2, 0.25) is 11.8 Å². The zero-order valence-electron chi connectivity index (χ0n) is 15.4. The first-order chi connectivity index (χ1) is 13.0. The van der Waals surface area contributed by atoms with E-state index in [1.807, 2.05) is 30.3 Å². The van der Waals surface area contributed by atoms with Crippen LogP contribution in [0.3, 0.4) is 0 Å². The van der Waals surface area contributed by atoms with Crippen LogP contribution in [-0.2, 0) is 16.0 Å². The maximum absolute atomic E-state index is 12.8. The van der Waals surface area contributed by atoms with Crippen molar-refractivity contribution < 1.29 is 9.59 Å². The third kappa shape index (κ3) is 4.10. The lowest BCUT2D eigenvalue weighted by Gasteiger charge is -2.27. The molecule has 1 fully saturated rings. The number of carbonyl (C=O) groups is 2. The van der Waals surface area contributed by atoms with Crippen molar-refractivity contribution in [2.45, 2.75) is 31.7 Å². The van der Waals surface area contributed by atoms with Crippen molar-refractivity contribution in [3.63, 3.8) is 0 Å². The summed E-state index contributed by atoms with van der Waals surface area (Å²) >= 11 is 5.92. The molecule has 2 amide bonds. The van der Waals surface area contributed by atoms with Gasteiger partial charge in [-0.05, 0) is 66.8 Å². The van der Waals surface area contributed by atoms with Gasteiger partial charge in [-0.3, -0.25) is 9.59 Å². The van der Waals surface area contributed by atoms with E-state index < -0.39 is 0 Å². The molecule has 0 spiro atoms. The molecule has 148 valence electrons. The molecule has 2 unspecified atom stereocenters. The van der Waals surface area contributed by atoms with E-state index in [2.05, 4.69) is 5.32 Å². The van der Waals surface area contributed by atoms with Crippen LogP contribution >= 0.6 is 24.0 Å². The zero-order valence-corrected chi connectivity index (χ0v) is 16.9. The minimum Gasteiger partial charge on any atom is -0.399 e. The summed E-state index contributed by atoms with van der Waals surface area (Å²) in [6.07, 6.45) is 3.14. The summed E-state index contributed by atoms with van der Waals surface area (Å²) in [5.74, 6) is -0.434. The number of aryl methyl sites for hydroxylation is 1. The topological polar surface area (TPSA) is 75.4 Å². The lowest BCUT2D eigenvalue weighted by atomic mass is 9.87. The van der Waals surface area contributed by atoms with Crippen LogP contribution in [0.2, 0.25) is 5.02 Å². The summed E-state index contributed by atoms with van der Waals surface area (Å²) in [4.78, 5) is 26.9. The maximum Gasteiger partial charge on any atom is 0.227 e. The number of anilines is 2. The second-order valence-corrected chi connectivity index (χ2v) is 7.73. The van der Waals surface area contributed by atoms with E-state index in [1.54, 1.807) is 17.0 Å². The number of nitrogens with two attached hydrogens (primary N) is 1. The van der Waals surface area contributed by atoms with Gasteiger partial charge in [0.25, 0.3) is 0 Å². The smallest absolute Gasteiger partial charge is 0.227 e. The summed E-state index contributed by atoms with van der Waals surface area (Å²) < 4.78 is 0. The van der Waals surface area contributed by atoms with E-state index in [1.165, 1.54) is 5.56 Å². The molecule has 28 heavy (non-hydrogen) atoms. The van der Waals surface area contributed by atoms with Gasteiger partial charge in [-0.25, -0.2) is 0 Å². The fourth-order valence-corrected chi connectivity index (χ4v) is 4.15. The highest BCUT2D eigenvalue weighted by molar-refractivity contribution is 6.30. The quantitative estimate of drug-likeness (QED) is 0.740. The number of nitrogens with zero attached hydrogens (tertiary/aromatic N) is 1. The van der Waals surface area contributed by atoms with Crippen LogP contribution in [0.25, 0.3) is 0 Å². The molecule has 7 heteroatoms. The van der Waals surface area contributed by atoms with Crippen LogP contribution in [-0.4, -0.2) is 18.4 Å². The number of fused-ring (bicyclic) bond motifs is 1. The highest BCUT2D eigenvalue weighted by Gasteiger charge is 2.36. The summed E-state index contributed by atoms with van der Waals surface area (Å²) in [6.45, 7) is 0.396. The largest absolute Gasteiger partial charge is 0.399 e. The summed E-state index contributed by atoms with van der Waals surface area (Å²) in [5.41, 5.74) is 9.76. The van der Waals surface area contributed by atoms with Crippen molar-refractivity contribution >= 4 is 47.2 Å². The molecular formula is C21H23Cl2N3O2. The van der Waals surface area contributed by atoms with Crippen LogP contribution in [0.15, 0.2) is 42.5 Å². The number of carbonyl (C=O) groups excluding carboxylic acids is 2. The summed E-state index contributed by atoms with van der Waals surface area (Å²) in [6, 6.07) is 13.0. The molecule has 0 saturated carbocycles. The molecule has 0 radical (unpaired) electrons. The molecule has 5 nitrogen and oxygen atoms in total. The molecule has 4 rings (SSSR count). The van der Waals surface area contributed by atoms with Gasteiger partial charge in [-0.2, -0.15) is 0 Å². The molecule has 0 aromatic heterocycles. The van der Waals surface area contributed by atoms with Crippen molar-refractivity contribution in [2.75, 3.05) is 17.2 Å². The van der Waals surface area contributed by atoms with Gasteiger partial charge in [0.15, 0.2) is 0 Å². The van der Waals surface area contributed by atoms with Crippen LogP contribution < -0.4 is 16.0 Å². The first-order valence-corrected chi connectivity index (χ1v) is 9.63. The molecular weight excluding hydrogens is 397 g/mol. The molecule has 2 atom stereocenters. The number of halogens is 2. The molecule has 2 aromatic rings. The second kappa shape index (κ2) is 8.41. The fourth-order valence-electron chi connectivity index (χ4n) is 4.03. The Morgan fingerprint density at radius 3 is 2.68 bits per heavy atom. The number of hydrogen-bond acceptors (Lipinski definition) is 3. The van der Waals surface area contributed by atoms with Crippen LogP contribution in [0.1, 0.15) is 36.4 Å². The maximum atomic E-state index is 12.8. The van der Waals surface area contributed by atoms with Crippen LogP contribution in [0, 0.1) is 5.92 Å². The van der Waals surface area contributed by atoms with E-state index in [0.29, 0.717) is 11.6 Å². The number of amides is 2. The fraction of sp³-hybridized carbons (Fsp3) is 0.333. The Balaban J connectivity index is 0.00000225. The van der Waals surface area contributed by atoms with Crippen LogP contribution in [0.4, 0.5) is 11.4 Å². The predicted molar refractivity (Wildman–Crippen MR) is 114 cm³/mol. The van der Waals surface area contributed by atoms with Gasteiger partial charge in [0.05, 0.1) is 12.0 Å². The summed E-state index contributed by atoms with van der Waals surface area (Å²) in [5, 5.41) is 3.78. The van der Waals surface area contributed by atoms with Crippen molar-refractivity contribution in [3.8, 4) is 0 Å². The van der Waals surface area contributed by atoms with E-state index in [9.17, 15) is 9.59 Å². The average molecular weight is 420 g/mol. The van der Waals surface area contributed by atoms with Crippen LogP contribution in [0.5, 0.6) is 0 Å². The van der Waals surface area contributed by atoms with E-state index >= 15 is 0 Å². The van der Waals surface area contributed by atoms with Gasteiger partial charge < -0.3 is 16.0 Å². The second-order valence-electron chi connectivity index (χ2n) is 7.29. The van der Waals surface area contributed by atoms with E-state index in [0.717, 1.165) is 36.2 Å². The molecule has 2 aliphatic rings. The predicted octanol–water partition coefficient (Wildman–Crippen LogP) is 3.89. The first-order valence-electron chi connectivity index (χ1n) is 9.26. The van der Waals surface area contributed by atoms with E-state index in [4.69, 9.17) is 17.3 Å². The molecule has 1 aliphatic carbocycles. The minimum atomic E-state index is -0.340. The Morgan fingerprint density at radius 1 is 1.18 bits per heavy atom. The molecule has 2 aromatic carbocycles. The van der Waals surface area contributed by atoms with Crippen molar-refractivity contribution in [1.82, 2.24) is 5.32 Å². The number of nitrogen functional groups attached to an aromatic ring is 1. The Labute approximate surface area is 175 Å². The Bertz CT molecular complexity index is 886. The lowest BCUT2D eigenvalue weighted by Crippen LogP contribution is -2.36. The molecule has 0 bridgehead atoms. The average Bonchev–Trinajstić information content (AvgIpc) is 3.04. The standard InChI is InChI=1S/C21H22ClN3O2.ClH/c22-15-4-7-17(8-5-15)25-12-14(11-20(25)26)21(27)24-19-3-1-2-13-10-16(23)6-9-18(13)19;/h4-10,14,19H,1-3,11-12,23H2,(H,24,27);1H. The van der Waals surface area contributed by atoms with Gasteiger partial charge in [-0.15, -0.1) is 12.4 Å². The van der Waals surface area contributed by atoms with Crippen molar-refractivity contribution in [1.29, 1.82) is 0 Å². The highest BCUT2D eigenvalue weighted by Crippen LogP contribution is 2.32. The molecule has 1 aliphatic heterocycles. The van der Waals surface area contributed by atoms with Crippen molar-refractivity contribution in [2.24, 2.45) is 5.92 Å². The Kier molecular flexibility index (Phi) is 6.16. The molecule has 1 heterocycles. The van der Waals surface area contributed by atoms with E-state index in [-0.39, 0.29) is 42.6 Å². The van der Waals surface area contributed by atoms with Gasteiger partial charge in [-0.1, -0.05) is 17.7 Å². The van der Waals surface area contributed by atoms with Gasteiger partial charge >= 0.3 is 0 Å². The van der Waals surface area contributed by atoms with Crippen molar-refractivity contribution in [3.05, 3.63) is 58.6 Å². The highest BCUT2D eigenvalue weighted by atomic mass is 35.5. The third-order valence-electron chi connectivity index (χ3n) is 5.43. The minimum absolute atomic E-state index is 0. The number of hydrogen-bond donors (Lipinski definition) is 2. The first kappa shape index (κ1) is 20.5. The number of nitrogens with one attached hydrogen (secondary N) is 1. The summed E-state index contributed by atoms with van der Waals surface area (Å²) in [7, 11) is 0. The SMILES string of the molecule is Cl.Nc1ccc2c(c1)CCCC2NC(=O)C1CC(=O)N(c2ccc(Cl)cc2)C1. The third-order valence-corrected chi connectivity index (χ3v) is 5.68. The lowest BCUT2D eigenvalue weighted by molar-refractivity contribution is -0.127. The van der Waals surface area contributed by atoms with Gasteiger partial charge in [0, 0.05) is 29.4 Å². The number of rotatable bonds is 3. The molecule has 3 N–H and O–H groups in total. The monoisotopic (exact) mass is 419 g/mol. The normalized spacial score (nSPS) is 21.0. The Hall–Kier alpha value is -2.24. The molecule has 1 saturated heterocycles. The number of benzene rings is 2.